The number of rotatable bonds is 6. The van der Waals surface area contributed by atoms with Crippen molar-refractivity contribution in [2.45, 2.75) is 19.9 Å². The topological polar surface area (TPSA) is 49.6 Å². The second kappa shape index (κ2) is 7.48. The third-order valence-corrected chi connectivity index (χ3v) is 5.16. The van der Waals surface area contributed by atoms with Crippen molar-refractivity contribution in [1.82, 2.24) is 19.6 Å². The van der Waals surface area contributed by atoms with Crippen LogP contribution in [0, 0.1) is 18.7 Å². The van der Waals surface area contributed by atoms with Gasteiger partial charge in [-0.15, -0.1) is 0 Å². The van der Waals surface area contributed by atoms with E-state index in [4.69, 9.17) is 0 Å². The summed E-state index contributed by atoms with van der Waals surface area (Å²) in [7, 11) is 0. The molecule has 1 aliphatic rings. The Morgan fingerprint density at radius 3 is 2.78 bits per heavy atom. The average molecular weight is 366 g/mol. The van der Waals surface area contributed by atoms with Crippen LogP contribution < -0.4 is 5.32 Å². The molecule has 0 spiro atoms. The number of fused-ring (bicyclic) bond motifs is 1. The number of carbonyl (C=O) groups is 1. The molecule has 1 aliphatic heterocycles. The number of carbonyl (C=O) groups excluding carboxylic acids is 1. The van der Waals surface area contributed by atoms with Crippen molar-refractivity contribution < 1.29 is 9.18 Å². The fourth-order valence-electron chi connectivity index (χ4n) is 3.56. The number of likely N-dealkylation sites (tertiary alicyclic amines) is 1. The summed E-state index contributed by atoms with van der Waals surface area (Å²) in [6.07, 6.45) is 2.74. The normalized spacial score (nSPS) is 15.0. The third-order valence-electron chi connectivity index (χ3n) is 5.16. The first-order chi connectivity index (χ1) is 13.1. The number of hydrogen-bond donors (Lipinski definition) is 1. The molecule has 1 N–H and O–H groups in total. The minimum absolute atomic E-state index is 0.0395. The third kappa shape index (κ3) is 3.85. The Labute approximate surface area is 157 Å². The predicted molar refractivity (Wildman–Crippen MR) is 102 cm³/mol. The number of amides is 1. The summed E-state index contributed by atoms with van der Waals surface area (Å²) in [5.41, 5.74) is 4.20. The van der Waals surface area contributed by atoms with E-state index in [9.17, 15) is 9.18 Å². The zero-order chi connectivity index (χ0) is 18.8. The minimum atomic E-state index is -0.237. The number of aromatic nitrogens is 2. The van der Waals surface area contributed by atoms with Crippen LogP contribution in [0.1, 0.15) is 17.0 Å². The quantitative estimate of drug-likeness (QED) is 0.730. The first-order valence-corrected chi connectivity index (χ1v) is 9.27. The second-order valence-corrected chi connectivity index (χ2v) is 7.13. The van der Waals surface area contributed by atoms with Crippen molar-refractivity contribution in [3.05, 3.63) is 71.4 Å². The summed E-state index contributed by atoms with van der Waals surface area (Å²) in [6, 6.07) is 12.4. The van der Waals surface area contributed by atoms with Crippen LogP contribution in [-0.4, -0.2) is 39.8 Å². The van der Waals surface area contributed by atoms with Crippen LogP contribution in [0.2, 0.25) is 0 Å². The number of nitrogens with zero attached hydrogens (tertiary/aromatic N) is 3. The van der Waals surface area contributed by atoms with E-state index in [1.54, 1.807) is 12.1 Å². The van der Waals surface area contributed by atoms with Crippen LogP contribution in [0.25, 0.3) is 5.65 Å². The molecular weight excluding hydrogens is 343 g/mol. The highest BCUT2D eigenvalue weighted by molar-refractivity contribution is 5.80. The largest absolute Gasteiger partial charge is 0.355 e. The van der Waals surface area contributed by atoms with E-state index in [-0.39, 0.29) is 17.6 Å². The Morgan fingerprint density at radius 2 is 2.00 bits per heavy atom. The summed E-state index contributed by atoms with van der Waals surface area (Å²) in [6.45, 7) is 4.94. The van der Waals surface area contributed by atoms with E-state index in [0.29, 0.717) is 13.0 Å². The smallest absolute Gasteiger partial charge is 0.225 e. The highest BCUT2D eigenvalue weighted by Gasteiger charge is 2.33. The van der Waals surface area contributed by atoms with E-state index in [1.165, 1.54) is 17.8 Å². The summed E-state index contributed by atoms with van der Waals surface area (Å²) in [4.78, 5) is 19.1. The van der Waals surface area contributed by atoms with Crippen LogP contribution >= 0.6 is 0 Å². The zero-order valence-electron chi connectivity index (χ0n) is 15.4. The van der Waals surface area contributed by atoms with Gasteiger partial charge in [0.25, 0.3) is 0 Å². The van der Waals surface area contributed by atoms with Gasteiger partial charge >= 0.3 is 0 Å². The van der Waals surface area contributed by atoms with Crippen LogP contribution in [0.15, 0.2) is 48.7 Å². The Kier molecular flexibility index (Phi) is 4.90. The number of benzene rings is 1. The fourth-order valence-corrected chi connectivity index (χ4v) is 3.56. The number of pyridine rings is 1. The Balaban J connectivity index is 1.24. The van der Waals surface area contributed by atoms with Crippen molar-refractivity contribution in [3.63, 3.8) is 0 Å². The monoisotopic (exact) mass is 366 g/mol. The van der Waals surface area contributed by atoms with Crippen LogP contribution in [0.3, 0.4) is 0 Å². The van der Waals surface area contributed by atoms with Crippen LogP contribution in [0.4, 0.5) is 4.39 Å². The highest BCUT2D eigenvalue weighted by atomic mass is 19.1. The molecule has 0 saturated carbocycles. The van der Waals surface area contributed by atoms with Crippen molar-refractivity contribution in [2.75, 3.05) is 19.6 Å². The van der Waals surface area contributed by atoms with Gasteiger partial charge in [0.2, 0.25) is 5.91 Å². The molecule has 0 atom stereocenters. The maximum absolute atomic E-state index is 12.9. The van der Waals surface area contributed by atoms with Crippen LogP contribution in [0.5, 0.6) is 0 Å². The molecule has 0 bridgehead atoms. The molecular formula is C21H23FN4O. The van der Waals surface area contributed by atoms with Crippen molar-refractivity contribution in [1.29, 1.82) is 0 Å². The summed E-state index contributed by atoms with van der Waals surface area (Å²) in [5.74, 6) is -0.0977. The molecule has 3 aromatic rings. The molecule has 0 aliphatic carbocycles. The van der Waals surface area contributed by atoms with E-state index < -0.39 is 0 Å². The number of aryl methyl sites for hydroxylation is 1. The molecule has 0 radical (unpaired) electrons. The standard InChI is InChI=1S/C21H23FN4O/c1-15-19(26-11-3-2-4-20(26)24-15)14-25-12-17(13-25)21(27)23-10-9-16-5-7-18(22)8-6-16/h2-8,11,17H,9-10,12-14H2,1H3,(H,23,27). The van der Waals surface area contributed by atoms with Gasteiger partial charge in [-0.3, -0.25) is 9.69 Å². The second-order valence-electron chi connectivity index (χ2n) is 7.13. The van der Waals surface area contributed by atoms with E-state index >= 15 is 0 Å². The van der Waals surface area contributed by atoms with E-state index in [0.717, 1.165) is 36.5 Å². The molecule has 1 aromatic carbocycles. The van der Waals surface area contributed by atoms with Gasteiger partial charge in [0.1, 0.15) is 11.5 Å². The van der Waals surface area contributed by atoms with Gasteiger partial charge in [0.15, 0.2) is 0 Å². The highest BCUT2D eigenvalue weighted by Crippen LogP contribution is 2.21. The van der Waals surface area contributed by atoms with Crippen molar-refractivity contribution >= 4 is 11.6 Å². The lowest BCUT2D eigenvalue weighted by atomic mass is 9.98. The minimum Gasteiger partial charge on any atom is -0.355 e. The van der Waals surface area contributed by atoms with Gasteiger partial charge in [-0.25, -0.2) is 9.37 Å². The molecule has 3 heterocycles. The van der Waals surface area contributed by atoms with Crippen LogP contribution in [-0.2, 0) is 17.8 Å². The number of halogens is 1. The van der Waals surface area contributed by atoms with E-state index in [1.807, 2.05) is 31.3 Å². The van der Waals surface area contributed by atoms with Gasteiger partial charge < -0.3 is 9.72 Å². The molecule has 4 rings (SSSR count). The zero-order valence-corrected chi connectivity index (χ0v) is 15.4. The molecule has 140 valence electrons. The van der Waals surface area contributed by atoms with Gasteiger partial charge in [-0.1, -0.05) is 18.2 Å². The maximum Gasteiger partial charge on any atom is 0.225 e. The molecule has 0 unspecified atom stereocenters. The average Bonchev–Trinajstić information content (AvgIpc) is 2.94. The molecule has 1 saturated heterocycles. The molecule has 1 fully saturated rings. The first kappa shape index (κ1) is 17.7. The Morgan fingerprint density at radius 1 is 1.22 bits per heavy atom. The molecule has 2 aromatic heterocycles. The fraction of sp³-hybridized carbons (Fsp3) is 0.333. The summed E-state index contributed by atoms with van der Waals surface area (Å²) < 4.78 is 15.0. The van der Waals surface area contributed by atoms with Crippen molar-refractivity contribution in [2.24, 2.45) is 5.92 Å². The maximum atomic E-state index is 12.9. The van der Waals surface area contributed by atoms with Gasteiger partial charge in [-0.05, 0) is 43.2 Å². The first-order valence-electron chi connectivity index (χ1n) is 9.27. The lowest BCUT2D eigenvalue weighted by Crippen LogP contribution is -2.53. The lowest BCUT2D eigenvalue weighted by Gasteiger charge is -2.38. The predicted octanol–water partition coefficient (Wildman–Crippen LogP) is 2.57. The lowest BCUT2D eigenvalue weighted by molar-refractivity contribution is -0.130. The molecule has 6 heteroatoms. The molecule has 5 nitrogen and oxygen atoms in total. The number of imidazole rings is 1. The number of hydrogen-bond acceptors (Lipinski definition) is 3. The molecule has 1 amide bonds. The van der Waals surface area contributed by atoms with E-state index in [2.05, 4.69) is 19.6 Å². The van der Waals surface area contributed by atoms with Gasteiger partial charge in [-0.2, -0.15) is 0 Å². The Hall–Kier alpha value is -2.73. The van der Waals surface area contributed by atoms with Gasteiger partial charge in [0, 0.05) is 32.4 Å². The number of nitrogens with one attached hydrogen (secondary N) is 1. The summed E-state index contributed by atoms with van der Waals surface area (Å²) >= 11 is 0. The van der Waals surface area contributed by atoms with Gasteiger partial charge in [0.05, 0.1) is 17.3 Å². The Bertz CT molecular complexity index is 944. The summed E-state index contributed by atoms with van der Waals surface area (Å²) in [5, 5.41) is 2.99. The van der Waals surface area contributed by atoms with Crippen molar-refractivity contribution in [3.8, 4) is 0 Å². The molecule has 27 heavy (non-hydrogen) atoms. The SMILES string of the molecule is Cc1nc2ccccn2c1CN1CC(C(=O)NCCc2ccc(F)cc2)C1.